The van der Waals surface area contributed by atoms with E-state index in [0.717, 1.165) is 18.1 Å². The van der Waals surface area contributed by atoms with Crippen LogP contribution in [0, 0.1) is 5.82 Å². The minimum Gasteiger partial charge on any atom is -0.449 e. The number of carbonyl (C=O) groups excluding carboxylic acids is 2. The first-order chi connectivity index (χ1) is 11.9. The summed E-state index contributed by atoms with van der Waals surface area (Å²) in [5.41, 5.74) is 1.80. The predicted octanol–water partition coefficient (Wildman–Crippen LogP) is 4.52. The Balaban J connectivity index is 2.05. The molecule has 2 aromatic rings. The molecular formula is C20H22FNO3. The number of halogens is 1. The van der Waals surface area contributed by atoms with Gasteiger partial charge in [-0.3, -0.25) is 4.79 Å². The summed E-state index contributed by atoms with van der Waals surface area (Å²) in [4.78, 5) is 24.4. The Bertz CT molecular complexity index is 760. The summed E-state index contributed by atoms with van der Waals surface area (Å²) >= 11 is 0. The highest BCUT2D eigenvalue weighted by Gasteiger charge is 2.20. The van der Waals surface area contributed by atoms with Crippen LogP contribution in [0.25, 0.3) is 0 Å². The van der Waals surface area contributed by atoms with E-state index < -0.39 is 23.8 Å². The van der Waals surface area contributed by atoms with Crippen LogP contribution in [0.3, 0.4) is 0 Å². The van der Waals surface area contributed by atoms with E-state index in [-0.39, 0.29) is 5.56 Å². The third-order valence-corrected chi connectivity index (χ3v) is 4.08. The van der Waals surface area contributed by atoms with Crippen LogP contribution in [0.5, 0.6) is 0 Å². The van der Waals surface area contributed by atoms with E-state index in [0.29, 0.717) is 11.6 Å². The van der Waals surface area contributed by atoms with Gasteiger partial charge in [-0.25, -0.2) is 9.18 Å². The van der Waals surface area contributed by atoms with Gasteiger partial charge in [0.1, 0.15) is 5.82 Å². The van der Waals surface area contributed by atoms with Crippen molar-refractivity contribution in [1.29, 1.82) is 0 Å². The monoisotopic (exact) mass is 343 g/mol. The summed E-state index contributed by atoms with van der Waals surface area (Å²) in [7, 11) is 0. The van der Waals surface area contributed by atoms with Crippen molar-refractivity contribution in [3.8, 4) is 0 Å². The molecule has 0 fully saturated rings. The largest absolute Gasteiger partial charge is 0.449 e. The molecule has 132 valence electrons. The normalized spacial score (nSPS) is 13.0. The van der Waals surface area contributed by atoms with E-state index in [1.54, 1.807) is 0 Å². The van der Waals surface area contributed by atoms with Crippen molar-refractivity contribution in [2.45, 2.75) is 39.2 Å². The van der Waals surface area contributed by atoms with E-state index in [2.05, 4.69) is 19.2 Å². The first kappa shape index (κ1) is 18.6. The molecule has 0 unspecified atom stereocenters. The topological polar surface area (TPSA) is 55.4 Å². The van der Waals surface area contributed by atoms with Gasteiger partial charge in [0, 0.05) is 5.69 Å². The van der Waals surface area contributed by atoms with Crippen molar-refractivity contribution in [1.82, 2.24) is 0 Å². The minimum atomic E-state index is -0.999. The molecule has 4 nitrogen and oxygen atoms in total. The fraction of sp³-hybridized carbons (Fsp3) is 0.300. The maximum absolute atomic E-state index is 13.2. The number of hydrogen-bond donors (Lipinski definition) is 1. The molecule has 2 atom stereocenters. The molecule has 1 amide bonds. The summed E-state index contributed by atoms with van der Waals surface area (Å²) in [5, 5.41) is 2.80. The lowest BCUT2D eigenvalue weighted by Gasteiger charge is -2.18. The molecular weight excluding hydrogens is 321 g/mol. The fourth-order valence-electron chi connectivity index (χ4n) is 2.39. The minimum absolute atomic E-state index is 0.0691. The van der Waals surface area contributed by atoms with Crippen LogP contribution < -0.4 is 5.32 Å². The summed E-state index contributed by atoms with van der Waals surface area (Å²) in [6.07, 6.45) is -0.0578. The maximum atomic E-state index is 13.2. The maximum Gasteiger partial charge on any atom is 0.339 e. The number of anilines is 1. The number of para-hydroxylation sites is 1. The van der Waals surface area contributed by atoms with Crippen molar-refractivity contribution >= 4 is 17.6 Å². The zero-order valence-corrected chi connectivity index (χ0v) is 14.6. The lowest BCUT2D eigenvalue weighted by Crippen LogP contribution is -2.30. The lowest BCUT2D eigenvalue weighted by atomic mass is 9.97. The quantitative estimate of drug-likeness (QED) is 0.785. The molecule has 25 heavy (non-hydrogen) atoms. The van der Waals surface area contributed by atoms with Crippen molar-refractivity contribution in [2.24, 2.45) is 0 Å². The molecule has 2 rings (SSSR count). The Morgan fingerprint density at radius 2 is 1.84 bits per heavy atom. The standard InChI is InChI=1S/C20H22FNO3/c1-4-13(2)17-10-5-6-11-18(17)22-19(23)14(3)25-20(24)15-8-7-9-16(21)12-15/h5-14H,4H2,1-3H3,(H,22,23)/t13-,14-/m1/s1. The highest BCUT2D eigenvalue weighted by molar-refractivity contribution is 5.97. The fourth-order valence-corrected chi connectivity index (χ4v) is 2.39. The van der Waals surface area contributed by atoms with Gasteiger partial charge in [0.2, 0.25) is 0 Å². The highest BCUT2D eigenvalue weighted by atomic mass is 19.1. The van der Waals surface area contributed by atoms with Crippen molar-refractivity contribution in [2.75, 3.05) is 5.32 Å². The zero-order valence-electron chi connectivity index (χ0n) is 14.6. The van der Waals surface area contributed by atoms with E-state index in [4.69, 9.17) is 4.74 Å². The molecule has 5 heteroatoms. The van der Waals surface area contributed by atoms with Gasteiger partial charge in [-0.2, -0.15) is 0 Å². The number of amides is 1. The van der Waals surface area contributed by atoms with Gasteiger partial charge in [0.05, 0.1) is 5.56 Å². The number of ether oxygens (including phenoxy) is 1. The van der Waals surface area contributed by atoms with Gasteiger partial charge < -0.3 is 10.1 Å². The van der Waals surface area contributed by atoms with Crippen LogP contribution in [0.2, 0.25) is 0 Å². The van der Waals surface area contributed by atoms with Gasteiger partial charge in [0.25, 0.3) is 5.91 Å². The van der Waals surface area contributed by atoms with Gasteiger partial charge in [0.15, 0.2) is 6.10 Å². The molecule has 0 spiro atoms. The summed E-state index contributed by atoms with van der Waals surface area (Å²) in [5.74, 6) is -1.41. The Kier molecular flexibility index (Phi) is 6.28. The number of nitrogens with one attached hydrogen (secondary N) is 1. The molecule has 1 N–H and O–H groups in total. The molecule has 2 aromatic carbocycles. The average Bonchev–Trinajstić information content (AvgIpc) is 2.61. The third-order valence-electron chi connectivity index (χ3n) is 4.08. The molecule has 0 saturated heterocycles. The number of carbonyl (C=O) groups is 2. The van der Waals surface area contributed by atoms with Gasteiger partial charge in [-0.15, -0.1) is 0 Å². The molecule has 0 heterocycles. The smallest absolute Gasteiger partial charge is 0.339 e. The second-order valence-electron chi connectivity index (χ2n) is 5.94. The van der Waals surface area contributed by atoms with Crippen LogP contribution in [0.1, 0.15) is 49.0 Å². The SMILES string of the molecule is CC[C@@H](C)c1ccccc1NC(=O)[C@@H](C)OC(=O)c1cccc(F)c1. The molecule has 0 radical (unpaired) electrons. The second-order valence-corrected chi connectivity index (χ2v) is 5.94. The number of esters is 1. The number of benzene rings is 2. The van der Waals surface area contributed by atoms with E-state index in [1.807, 2.05) is 24.3 Å². The Morgan fingerprint density at radius 3 is 2.52 bits per heavy atom. The average molecular weight is 343 g/mol. The van der Waals surface area contributed by atoms with E-state index >= 15 is 0 Å². The molecule has 0 aliphatic rings. The van der Waals surface area contributed by atoms with Gasteiger partial charge >= 0.3 is 5.97 Å². The Hall–Kier alpha value is -2.69. The summed E-state index contributed by atoms with van der Waals surface area (Å²) in [6, 6.07) is 12.7. The zero-order chi connectivity index (χ0) is 18.4. The third kappa shape index (κ3) is 4.89. The van der Waals surface area contributed by atoms with Crippen LogP contribution in [-0.2, 0) is 9.53 Å². The Morgan fingerprint density at radius 1 is 1.12 bits per heavy atom. The van der Waals surface area contributed by atoms with Crippen LogP contribution in [-0.4, -0.2) is 18.0 Å². The molecule has 0 aliphatic heterocycles. The predicted molar refractivity (Wildman–Crippen MR) is 95.1 cm³/mol. The van der Waals surface area contributed by atoms with Crippen molar-refractivity contribution in [3.63, 3.8) is 0 Å². The molecule has 0 bridgehead atoms. The van der Waals surface area contributed by atoms with E-state index in [9.17, 15) is 14.0 Å². The van der Waals surface area contributed by atoms with E-state index in [1.165, 1.54) is 25.1 Å². The first-order valence-electron chi connectivity index (χ1n) is 8.28. The van der Waals surface area contributed by atoms with Crippen LogP contribution >= 0.6 is 0 Å². The molecule has 0 saturated carbocycles. The molecule has 0 aromatic heterocycles. The highest BCUT2D eigenvalue weighted by Crippen LogP contribution is 2.26. The second kappa shape index (κ2) is 8.42. The summed E-state index contributed by atoms with van der Waals surface area (Å²) < 4.78 is 18.3. The van der Waals surface area contributed by atoms with Crippen LogP contribution in [0.15, 0.2) is 48.5 Å². The van der Waals surface area contributed by atoms with Crippen LogP contribution in [0.4, 0.5) is 10.1 Å². The van der Waals surface area contributed by atoms with Crippen molar-refractivity contribution in [3.05, 3.63) is 65.5 Å². The van der Waals surface area contributed by atoms with Crippen molar-refractivity contribution < 1.29 is 18.7 Å². The summed E-state index contributed by atoms with van der Waals surface area (Å²) in [6.45, 7) is 5.64. The number of rotatable bonds is 6. The number of hydrogen-bond acceptors (Lipinski definition) is 3. The van der Waals surface area contributed by atoms with Gasteiger partial charge in [-0.05, 0) is 49.1 Å². The van der Waals surface area contributed by atoms with Gasteiger partial charge in [-0.1, -0.05) is 38.1 Å². The Labute approximate surface area is 147 Å². The molecule has 0 aliphatic carbocycles. The first-order valence-corrected chi connectivity index (χ1v) is 8.28. The lowest BCUT2D eigenvalue weighted by molar-refractivity contribution is -0.123.